The quantitative estimate of drug-likeness (QED) is 0.230. The predicted octanol–water partition coefficient (Wildman–Crippen LogP) is 5.93. The van der Waals surface area contributed by atoms with Crippen LogP contribution in [0.5, 0.6) is 11.5 Å². The van der Waals surface area contributed by atoms with E-state index in [0.29, 0.717) is 12.4 Å². The Hall–Kier alpha value is -3.52. The Morgan fingerprint density at radius 2 is 2.06 bits per heavy atom. The Morgan fingerprint density at radius 1 is 1.23 bits per heavy atom. The zero-order valence-electron chi connectivity index (χ0n) is 20.0. The number of allylic oxidation sites excluding steroid dienone is 1. The Labute approximate surface area is 209 Å². The number of pyridine rings is 1. The summed E-state index contributed by atoms with van der Waals surface area (Å²) >= 11 is 1.36. The van der Waals surface area contributed by atoms with Gasteiger partial charge in [-0.15, -0.1) is 0 Å². The van der Waals surface area contributed by atoms with Crippen molar-refractivity contribution in [2.24, 2.45) is 10.7 Å². The maximum atomic E-state index is 13.4. The lowest BCUT2D eigenvalue weighted by molar-refractivity contribution is 0.242. The minimum atomic E-state index is -0.521. The van der Waals surface area contributed by atoms with Crippen LogP contribution >= 0.6 is 11.9 Å². The number of fused-ring (bicyclic) bond motifs is 1. The van der Waals surface area contributed by atoms with Crippen LogP contribution in [0.2, 0.25) is 0 Å². The monoisotopic (exact) mass is 492 g/mol. The molecule has 0 saturated heterocycles. The highest BCUT2D eigenvalue weighted by atomic mass is 32.2. The standard InChI is InChI=1S/C27H29FN4O2S/c1-17(2)34-18-7-9-20(23(15-18)24(30-3)11-13-29)21-12-14-33-25-16-19(8-10-22(21)25)35-32-27-6-4-5-26(28)31-27/h4-11,13,15-17,21H,12,14,29H2,1-3H3,(H,31,32). The summed E-state index contributed by atoms with van der Waals surface area (Å²) in [5.41, 5.74) is 9.75. The van der Waals surface area contributed by atoms with Crippen molar-refractivity contribution in [1.29, 1.82) is 0 Å². The van der Waals surface area contributed by atoms with Gasteiger partial charge in [0.05, 0.1) is 18.4 Å². The second kappa shape index (κ2) is 11.3. The summed E-state index contributed by atoms with van der Waals surface area (Å²) in [6.07, 6.45) is 4.22. The number of hydrogen-bond donors (Lipinski definition) is 2. The number of ether oxygens (including phenoxy) is 2. The average molecular weight is 493 g/mol. The van der Waals surface area contributed by atoms with Crippen molar-refractivity contribution < 1.29 is 13.9 Å². The van der Waals surface area contributed by atoms with Gasteiger partial charge in [0.15, 0.2) is 0 Å². The van der Waals surface area contributed by atoms with E-state index in [0.717, 1.165) is 45.2 Å². The molecule has 1 unspecified atom stereocenters. The van der Waals surface area contributed by atoms with Crippen LogP contribution in [0.25, 0.3) is 0 Å². The fourth-order valence-electron chi connectivity index (χ4n) is 4.12. The van der Waals surface area contributed by atoms with Crippen molar-refractivity contribution >= 4 is 23.5 Å². The molecule has 4 rings (SSSR count). The van der Waals surface area contributed by atoms with Crippen molar-refractivity contribution in [1.82, 2.24) is 4.98 Å². The van der Waals surface area contributed by atoms with Gasteiger partial charge in [-0.05, 0) is 86.5 Å². The van der Waals surface area contributed by atoms with Crippen molar-refractivity contribution in [3.05, 3.63) is 89.5 Å². The summed E-state index contributed by atoms with van der Waals surface area (Å²) in [7, 11) is 1.76. The lowest BCUT2D eigenvalue weighted by Gasteiger charge is -2.28. The third-order valence-electron chi connectivity index (χ3n) is 5.56. The number of aromatic nitrogens is 1. The van der Waals surface area contributed by atoms with E-state index in [1.807, 2.05) is 44.2 Å². The second-order valence-electron chi connectivity index (χ2n) is 8.32. The van der Waals surface area contributed by atoms with Gasteiger partial charge >= 0.3 is 0 Å². The van der Waals surface area contributed by atoms with Gasteiger partial charge in [0.2, 0.25) is 5.95 Å². The maximum Gasteiger partial charge on any atom is 0.214 e. The third kappa shape index (κ3) is 5.95. The zero-order valence-corrected chi connectivity index (χ0v) is 20.8. The van der Waals surface area contributed by atoms with Crippen LogP contribution in [-0.4, -0.2) is 30.5 Å². The Morgan fingerprint density at radius 3 is 2.80 bits per heavy atom. The number of halogens is 1. The first-order chi connectivity index (χ1) is 17.0. The molecule has 3 N–H and O–H groups in total. The van der Waals surface area contributed by atoms with E-state index in [2.05, 4.69) is 26.8 Å². The average Bonchev–Trinajstić information content (AvgIpc) is 2.85. The van der Waals surface area contributed by atoms with Crippen LogP contribution in [0.1, 0.15) is 42.9 Å². The molecule has 2 heterocycles. The minimum absolute atomic E-state index is 0.0664. The molecule has 0 radical (unpaired) electrons. The Balaban J connectivity index is 1.65. The molecule has 1 aliphatic rings. The molecule has 1 aromatic heterocycles. The number of benzene rings is 2. The highest BCUT2D eigenvalue weighted by molar-refractivity contribution is 8.00. The highest BCUT2D eigenvalue weighted by Gasteiger charge is 2.26. The molecule has 8 heteroatoms. The number of anilines is 1. The molecule has 1 aliphatic heterocycles. The first-order valence-corrected chi connectivity index (χ1v) is 12.3. The molecule has 1 atom stereocenters. The van der Waals surface area contributed by atoms with Crippen molar-refractivity contribution in [2.75, 3.05) is 18.4 Å². The van der Waals surface area contributed by atoms with E-state index in [4.69, 9.17) is 15.2 Å². The number of rotatable bonds is 8. The van der Waals surface area contributed by atoms with Gasteiger partial charge in [-0.3, -0.25) is 4.99 Å². The van der Waals surface area contributed by atoms with Crippen LogP contribution in [0.4, 0.5) is 10.2 Å². The number of nitrogens with one attached hydrogen (secondary N) is 1. The van der Waals surface area contributed by atoms with Gasteiger partial charge in [0, 0.05) is 29.0 Å². The molecule has 0 amide bonds. The van der Waals surface area contributed by atoms with Gasteiger partial charge in [0.25, 0.3) is 0 Å². The van der Waals surface area contributed by atoms with Gasteiger partial charge in [-0.2, -0.15) is 4.39 Å². The van der Waals surface area contributed by atoms with Crippen LogP contribution in [0, 0.1) is 5.95 Å². The molecule has 6 nitrogen and oxygen atoms in total. The van der Waals surface area contributed by atoms with E-state index >= 15 is 0 Å². The van der Waals surface area contributed by atoms with Crippen LogP contribution < -0.4 is 19.9 Å². The van der Waals surface area contributed by atoms with Crippen LogP contribution in [0.15, 0.2) is 76.8 Å². The summed E-state index contributed by atoms with van der Waals surface area (Å²) in [6.45, 7) is 4.61. The van der Waals surface area contributed by atoms with E-state index in [-0.39, 0.29) is 12.0 Å². The summed E-state index contributed by atoms with van der Waals surface area (Å²) in [5, 5.41) is 0. The number of nitrogens with zero attached hydrogens (tertiary/aromatic N) is 2. The Bertz CT molecular complexity index is 1250. The van der Waals surface area contributed by atoms with E-state index in [1.165, 1.54) is 24.2 Å². The molecular weight excluding hydrogens is 463 g/mol. The molecule has 3 aromatic rings. The molecule has 0 fully saturated rings. The van der Waals surface area contributed by atoms with E-state index in [1.54, 1.807) is 19.2 Å². The smallest absolute Gasteiger partial charge is 0.214 e. The largest absolute Gasteiger partial charge is 0.493 e. The molecular formula is C27H29FN4O2S. The van der Waals surface area contributed by atoms with Crippen molar-refractivity contribution in [3.8, 4) is 11.5 Å². The predicted molar refractivity (Wildman–Crippen MR) is 140 cm³/mol. The van der Waals surface area contributed by atoms with Crippen molar-refractivity contribution in [2.45, 2.75) is 37.2 Å². The molecule has 182 valence electrons. The first kappa shape index (κ1) is 24.6. The van der Waals surface area contributed by atoms with E-state index in [9.17, 15) is 4.39 Å². The second-order valence-corrected chi connectivity index (χ2v) is 9.20. The van der Waals surface area contributed by atoms with Crippen LogP contribution in [-0.2, 0) is 0 Å². The fourth-order valence-corrected chi connectivity index (χ4v) is 4.75. The van der Waals surface area contributed by atoms with Crippen LogP contribution in [0.3, 0.4) is 0 Å². The van der Waals surface area contributed by atoms with Gasteiger partial charge in [0.1, 0.15) is 17.3 Å². The van der Waals surface area contributed by atoms with Gasteiger partial charge in [-0.1, -0.05) is 18.2 Å². The molecule has 0 saturated carbocycles. The fraction of sp³-hybridized carbons (Fsp3) is 0.259. The van der Waals surface area contributed by atoms with Crippen molar-refractivity contribution in [3.63, 3.8) is 0 Å². The summed E-state index contributed by atoms with van der Waals surface area (Å²) in [6, 6.07) is 16.9. The molecule has 2 aromatic carbocycles. The number of nitrogens with two attached hydrogens (primary N) is 1. The number of aliphatic imine (C=N–C) groups is 1. The topological polar surface area (TPSA) is 81.8 Å². The first-order valence-electron chi connectivity index (χ1n) is 11.5. The van der Waals surface area contributed by atoms with Gasteiger partial charge < -0.3 is 19.9 Å². The minimum Gasteiger partial charge on any atom is -0.493 e. The SMILES string of the molecule is CN=C(C=CN)c1cc(OC(C)C)ccc1C1CCOc2cc(SNc3cccc(F)n3)ccc21. The lowest BCUT2D eigenvalue weighted by atomic mass is 9.83. The molecule has 0 spiro atoms. The lowest BCUT2D eigenvalue weighted by Crippen LogP contribution is -2.18. The summed E-state index contributed by atoms with van der Waals surface area (Å²) in [4.78, 5) is 9.25. The maximum absolute atomic E-state index is 13.4. The summed E-state index contributed by atoms with van der Waals surface area (Å²) < 4.78 is 28.4. The highest BCUT2D eigenvalue weighted by Crippen LogP contribution is 2.42. The Kier molecular flexibility index (Phi) is 7.92. The normalized spacial score (nSPS) is 15.7. The molecule has 0 bridgehead atoms. The zero-order chi connectivity index (χ0) is 24.8. The number of hydrogen-bond acceptors (Lipinski definition) is 7. The molecule has 0 aliphatic carbocycles. The van der Waals surface area contributed by atoms with Gasteiger partial charge in [-0.25, -0.2) is 4.98 Å². The third-order valence-corrected chi connectivity index (χ3v) is 6.36. The summed E-state index contributed by atoms with van der Waals surface area (Å²) in [5.74, 6) is 1.69. The van der Waals surface area contributed by atoms with E-state index < -0.39 is 5.95 Å². The molecule has 35 heavy (non-hydrogen) atoms.